The molecule has 0 spiro atoms. The van der Waals surface area contributed by atoms with Crippen LogP contribution in [0.4, 0.5) is 0 Å². The number of thiocarbonyl (C=S) groups is 1. The summed E-state index contributed by atoms with van der Waals surface area (Å²) in [5.74, 6) is 1.51. The molecule has 0 unspecified atom stereocenters. The van der Waals surface area contributed by atoms with Crippen molar-refractivity contribution < 1.29 is 0 Å². The maximum Gasteiger partial charge on any atom is 0.184 e. The molecular weight excluding hydrogens is 362 g/mol. The third kappa shape index (κ3) is 5.68. The lowest BCUT2D eigenvalue weighted by Crippen LogP contribution is -2.49. The van der Waals surface area contributed by atoms with E-state index in [-0.39, 0.29) is 5.11 Å². The minimum atomic E-state index is 0.219. The summed E-state index contributed by atoms with van der Waals surface area (Å²) in [7, 11) is 0. The number of fused-ring (bicyclic) bond motifs is 1. The number of nitrogens with one attached hydrogen (secondary N) is 1. The first-order valence-corrected chi connectivity index (χ1v) is 11.4. The van der Waals surface area contributed by atoms with Crippen molar-refractivity contribution in [2.75, 3.05) is 0 Å². The lowest BCUT2D eigenvalue weighted by molar-refractivity contribution is -0.0539. The molecule has 0 aromatic heterocycles. The molecule has 4 heteroatoms. The Bertz CT molecular complexity index is 646. The molecule has 3 atom stereocenters. The second-order valence-corrected chi connectivity index (χ2v) is 10.5. The second kappa shape index (κ2) is 9.56. The molecule has 158 valence electrons. The summed E-state index contributed by atoms with van der Waals surface area (Å²) < 4.78 is 0. The van der Waals surface area contributed by atoms with Crippen molar-refractivity contribution >= 4 is 23.0 Å². The molecule has 0 radical (unpaired) electrons. The van der Waals surface area contributed by atoms with Crippen molar-refractivity contribution in [1.29, 1.82) is 0 Å². The normalized spacial score (nSPS) is 30.7. The van der Waals surface area contributed by atoms with Crippen molar-refractivity contribution in [3.8, 4) is 0 Å². The average Bonchev–Trinajstić information content (AvgIpc) is 2.58. The summed E-state index contributed by atoms with van der Waals surface area (Å²) in [6, 6.07) is 0. The molecular formula is C24H41N3S. The lowest BCUT2D eigenvalue weighted by atomic mass is 9.47. The molecule has 3 N–H and O–H groups in total. The highest BCUT2D eigenvalue weighted by atomic mass is 32.1. The van der Waals surface area contributed by atoms with Gasteiger partial charge in [-0.05, 0) is 100 Å². The van der Waals surface area contributed by atoms with Gasteiger partial charge in [-0.1, -0.05) is 51.0 Å². The molecule has 2 saturated carbocycles. The van der Waals surface area contributed by atoms with E-state index in [2.05, 4.69) is 50.9 Å². The van der Waals surface area contributed by atoms with E-state index in [1.165, 1.54) is 56.1 Å². The van der Waals surface area contributed by atoms with Gasteiger partial charge >= 0.3 is 0 Å². The van der Waals surface area contributed by atoms with E-state index in [0.717, 1.165) is 24.5 Å². The fourth-order valence-corrected chi connectivity index (χ4v) is 6.06. The number of hydrogen-bond acceptors (Lipinski definition) is 2. The summed E-state index contributed by atoms with van der Waals surface area (Å²) >= 11 is 4.78. The van der Waals surface area contributed by atoms with Gasteiger partial charge in [-0.25, -0.2) is 0 Å². The van der Waals surface area contributed by atoms with Crippen molar-refractivity contribution in [3.63, 3.8) is 0 Å². The van der Waals surface area contributed by atoms with Crippen LogP contribution in [0.5, 0.6) is 0 Å². The summed E-state index contributed by atoms with van der Waals surface area (Å²) in [5, 5.41) is 4.40. The van der Waals surface area contributed by atoms with Gasteiger partial charge in [0.15, 0.2) is 5.11 Å². The van der Waals surface area contributed by atoms with Crippen molar-refractivity contribution in [3.05, 3.63) is 23.8 Å². The number of rotatable bonds is 7. The zero-order valence-electron chi connectivity index (χ0n) is 18.7. The van der Waals surface area contributed by atoms with Gasteiger partial charge in [0.2, 0.25) is 0 Å². The van der Waals surface area contributed by atoms with Crippen LogP contribution in [-0.4, -0.2) is 10.8 Å². The molecule has 0 aromatic rings. The molecule has 2 rings (SSSR count). The van der Waals surface area contributed by atoms with E-state index in [9.17, 15) is 0 Å². The monoisotopic (exact) mass is 403 g/mol. The Morgan fingerprint density at radius 3 is 2.68 bits per heavy atom. The first-order chi connectivity index (χ1) is 13.1. The Labute approximate surface area is 178 Å². The zero-order valence-corrected chi connectivity index (χ0v) is 19.6. The SMILES string of the molecule is C=C1CC[C@@H]2C(C)(C)CCC[C@]2(C)[C@@H]1CC/C(C)=C\CC/C(C)=N/NC(N)=S. The van der Waals surface area contributed by atoms with Gasteiger partial charge < -0.3 is 5.73 Å². The Hall–Kier alpha value is -1.16. The standard InChI is InChI=1S/C24H41N3S/c1-17(9-7-10-19(3)26-27-22(25)28)11-13-20-18(2)12-14-21-23(4,5)15-8-16-24(20,21)6/h9,20-21H,2,7-8,10-16H2,1,3-6H3,(H3,25,27,28)/b17-9-,26-19+/t20-,21-,24-/m1/s1. The van der Waals surface area contributed by atoms with Crippen LogP contribution in [-0.2, 0) is 0 Å². The van der Waals surface area contributed by atoms with Crippen LogP contribution in [0.2, 0.25) is 0 Å². The van der Waals surface area contributed by atoms with Gasteiger partial charge in [0.1, 0.15) is 0 Å². The Morgan fingerprint density at radius 1 is 1.29 bits per heavy atom. The molecule has 0 heterocycles. The van der Waals surface area contributed by atoms with Crippen LogP contribution in [0.25, 0.3) is 0 Å². The minimum absolute atomic E-state index is 0.219. The molecule has 2 aliphatic rings. The molecule has 28 heavy (non-hydrogen) atoms. The zero-order chi connectivity index (χ0) is 20.9. The Kier molecular flexibility index (Phi) is 7.89. The molecule has 2 aliphatic carbocycles. The highest BCUT2D eigenvalue weighted by molar-refractivity contribution is 7.80. The maximum absolute atomic E-state index is 5.41. The van der Waals surface area contributed by atoms with Crippen LogP contribution < -0.4 is 11.2 Å². The average molecular weight is 404 g/mol. The first-order valence-electron chi connectivity index (χ1n) is 11.0. The van der Waals surface area contributed by atoms with E-state index >= 15 is 0 Å². The first kappa shape index (κ1) is 23.1. The minimum Gasteiger partial charge on any atom is -0.375 e. The molecule has 2 fully saturated rings. The van der Waals surface area contributed by atoms with Gasteiger partial charge in [0.05, 0.1) is 0 Å². The van der Waals surface area contributed by atoms with Crippen LogP contribution in [0.15, 0.2) is 28.9 Å². The van der Waals surface area contributed by atoms with Crippen molar-refractivity contribution in [1.82, 2.24) is 5.43 Å². The van der Waals surface area contributed by atoms with Gasteiger partial charge in [-0.15, -0.1) is 0 Å². The predicted octanol–water partition coefficient (Wildman–Crippen LogP) is 6.50. The van der Waals surface area contributed by atoms with E-state index in [1.54, 1.807) is 0 Å². The molecule has 0 amide bonds. The second-order valence-electron chi connectivity index (χ2n) is 10.1. The van der Waals surface area contributed by atoms with E-state index in [0.29, 0.717) is 16.7 Å². The number of nitrogens with two attached hydrogens (primary N) is 1. The van der Waals surface area contributed by atoms with Crippen LogP contribution >= 0.6 is 12.2 Å². The van der Waals surface area contributed by atoms with Gasteiger partial charge in [0.25, 0.3) is 0 Å². The van der Waals surface area contributed by atoms with Gasteiger partial charge in [0, 0.05) is 5.71 Å². The van der Waals surface area contributed by atoms with Crippen molar-refractivity contribution in [2.45, 2.75) is 92.4 Å². The van der Waals surface area contributed by atoms with Crippen LogP contribution in [0.3, 0.4) is 0 Å². The molecule has 0 saturated heterocycles. The summed E-state index contributed by atoms with van der Waals surface area (Å²) in [4.78, 5) is 0. The lowest BCUT2D eigenvalue weighted by Gasteiger charge is -2.58. The molecule has 0 aliphatic heterocycles. The summed E-state index contributed by atoms with van der Waals surface area (Å²) in [5.41, 5.74) is 13.0. The van der Waals surface area contributed by atoms with Gasteiger partial charge in [-0.3, -0.25) is 5.43 Å². The number of hydrogen-bond donors (Lipinski definition) is 2. The highest BCUT2D eigenvalue weighted by Gasteiger charge is 2.52. The molecule has 0 aromatic carbocycles. The topological polar surface area (TPSA) is 50.4 Å². The quantitative estimate of drug-likeness (QED) is 0.221. The highest BCUT2D eigenvalue weighted by Crippen LogP contribution is 2.61. The van der Waals surface area contributed by atoms with E-state index in [1.807, 2.05) is 6.92 Å². The number of allylic oxidation sites excluding steroid dienone is 3. The van der Waals surface area contributed by atoms with E-state index in [4.69, 9.17) is 18.0 Å². The summed E-state index contributed by atoms with van der Waals surface area (Å²) in [6.45, 7) is 16.4. The molecule has 0 bridgehead atoms. The van der Waals surface area contributed by atoms with Crippen LogP contribution in [0.1, 0.15) is 92.4 Å². The van der Waals surface area contributed by atoms with Crippen LogP contribution in [0, 0.1) is 22.7 Å². The third-order valence-corrected chi connectivity index (χ3v) is 7.59. The fourth-order valence-electron chi connectivity index (χ4n) is 6.02. The predicted molar refractivity (Wildman–Crippen MR) is 126 cm³/mol. The number of nitrogens with zero attached hydrogens (tertiary/aromatic N) is 1. The molecule has 3 nitrogen and oxygen atoms in total. The largest absolute Gasteiger partial charge is 0.375 e. The Balaban J connectivity index is 1.93. The van der Waals surface area contributed by atoms with Crippen molar-refractivity contribution in [2.24, 2.45) is 33.5 Å². The smallest absolute Gasteiger partial charge is 0.184 e. The fraction of sp³-hybridized carbons (Fsp3) is 0.750. The summed E-state index contributed by atoms with van der Waals surface area (Å²) in [6.07, 6.45) is 13.4. The Morgan fingerprint density at radius 2 is 2.00 bits per heavy atom. The maximum atomic E-state index is 5.41. The van der Waals surface area contributed by atoms with E-state index < -0.39 is 0 Å². The third-order valence-electron chi connectivity index (χ3n) is 7.50. The van der Waals surface area contributed by atoms with Gasteiger partial charge in [-0.2, -0.15) is 5.10 Å². The number of hydrazone groups is 1.